The van der Waals surface area contributed by atoms with Crippen LogP contribution in [0.5, 0.6) is 0 Å². The maximum Gasteiger partial charge on any atom is 0.185 e. The number of hydrogen-bond donors (Lipinski definition) is 0. The van der Waals surface area contributed by atoms with E-state index in [4.69, 9.17) is 0 Å². The van der Waals surface area contributed by atoms with Gasteiger partial charge in [0, 0.05) is 17.2 Å². The van der Waals surface area contributed by atoms with Gasteiger partial charge in [0.1, 0.15) is 11.9 Å². The summed E-state index contributed by atoms with van der Waals surface area (Å²) < 4.78 is 15.1. The van der Waals surface area contributed by atoms with Crippen molar-refractivity contribution in [2.45, 2.75) is 18.0 Å². The average molecular weight is 419 g/mol. The topological polar surface area (TPSA) is 67.9 Å². The van der Waals surface area contributed by atoms with Crippen molar-refractivity contribution in [3.63, 3.8) is 0 Å². The van der Waals surface area contributed by atoms with E-state index in [0.29, 0.717) is 5.56 Å². The Morgan fingerprint density at radius 3 is 2.28 bits per heavy atom. The number of para-hydroxylation sites is 1. The van der Waals surface area contributed by atoms with Gasteiger partial charge in [-0.1, -0.05) is 78.9 Å². The van der Waals surface area contributed by atoms with E-state index in [0.717, 1.165) is 11.3 Å². The number of carbonyl (C=O) groups excluding carboxylic acids is 1. The van der Waals surface area contributed by atoms with Gasteiger partial charge in [-0.05, 0) is 23.3 Å². The molecule has 32 heavy (non-hydrogen) atoms. The molecule has 0 aromatic heterocycles. The van der Waals surface area contributed by atoms with E-state index in [1.807, 2.05) is 41.3 Å². The summed E-state index contributed by atoms with van der Waals surface area (Å²) in [6.45, 7) is 0. The molecule has 0 aliphatic carbocycles. The van der Waals surface area contributed by atoms with Crippen LogP contribution in [0.3, 0.4) is 0 Å². The molecule has 0 N–H and O–H groups in total. The fourth-order valence-corrected chi connectivity index (χ4v) is 5.08. The summed E-state index contributed by atoms with van der Waals surface area (Å²) in [4.78, 5) is 15.8. The minimum absolute atomic E-state index is 0.199. The maximum atomic E-state index is 15.1. The van der Waals surface area contributed by atoms with E-state index in [1.54, 1.807) is 48.5 Å². The molecule has 2 heterocycles. The highest BCUT2D eigenvalue weighted by Crippen LogP contribution is 2.55. The first-order chi connectivity index (χ1) is 15.6. The van der Waals surface area contributed by atoms with Gasteiger partial charge in [0.25, 0.3) is 0 Å². The van der Waals surface area contributed by atoms with Crippen LogP contribution in [-0.4, -0.2) is 17.9 Å². The molecule has 0 saturated carbocycles. The number of hydrogen-bond acceptors (Lipinski definition) is 4. The molecule has 1 saturated heterocycles. The van der Waals surface area contributed by atoms with Crippen LogP contribution in [0.25, 0.3) is 6.08 Å². The molecule has 0 spiro atoms. The molecule has 2 aliphatic heterocycles. The number of rotatable bonds is 3. The van der Waals surface area contributed by atoms with E-state index in [1.165, 1.54) is 6.07 Å². The molecule has 0 unspecified atom stereocenters. The first-order valence-corrected chi connectivity index (χ1v) is 10.3. The number of Topliss-reactive ketones (excluding diaryl/α,β-unsaturated/α-hetero) is 1. The standard InChI is InChI=1S/C27H18FN3O/c28-21-12-6-5-11-20(21)24-25(26(32)19-9-2-1-3-10-19)31-22-13-7-4-8-18(22)14-15-23(31)27(24,16-29)17-30/h1-15,23-25H/t23-,24-,25+/m1/s1. The van der Waals surface area contributed by atoms with Crippen LogP contribution < -0.4 is 4.90 Å². The van der Waals surface area contributed by atoms with Crippen molar-refractivity contribution in [1.82, 2.24) is 0 Å². The molecule has 3 aromatic carbocycles. The molecule has 5 heteroatoms. The SMILES string of the molecule is N#CC1(C#N)[C@H](c2ccccc2F)[C@@H](C(=O)c2ccccc2)N2c3ccccc3C=C[C@@H]21. The molecule has 3 aromatic rings. The number of ketones is 1. The summed E-state index contributed by atoms with van der Waals surface area (Å²) in [5.74, 6) is -1.76. The van der Waals surface area contributed by atoms with Crippen molar-refractivity contribution < 1.29 is 9.18 Å². The molecule has 0 bridgehead atoms. The first-order valence-electron chi connectivity index (χ1n) is 10.3. The number of fused-ring (bicyclic) bond motifs is 3. The van der Waals surface area contributed by atoms with Crippen molar-refractivity contribution in [2.24, 2.45) is 5.41 Å². The average Bonchev–Trinajstić information content (AvgIpc) is 3.15. The Morgan fingerprint density at radius 2 is 1.56 bits per heavy atom. The van der Waals surface area contributed by atoms with Gasteiger partial charge in [-0.25, -0.2) is 4.39 Å². The number of halogens is 1. The van der Waals surface area contributed by atoms with Crippen LogP contribution in [0.2, 0.25) is 0 Å². The lowest BCUT2D eigenvalue weighted by Gasteiger charge is -2.35. The predicted octanol–water partition coefficient (Wildman–Crippen LogP) is 5.11. The Balaban J connectivity index is 1.81. The second-order valence-corrected chi connectivity index (χ2v) is 8.04. The molecule has 154 valence electrons. The van der Waals surface area contributed by atoms with Crippen molar-refractivity contribution >= 4 is 17.5 Å². The maximum absolute atomic E-state index is 15.1. The smallest absolute Gasteiger partial charge is 0.185 e. The second kappa shape index (κ2) is 7.48. The lowest BCUT2D eigenvalue weighted by molar-refractivity contribution is 0.0950. The highest BCUT2D eigenvalue weighted by Gasteiger charge is 2.63. The predicted molar refractivity (Wildman–Crippen MR) is 119 cm³/mol. The van der Waals surface area contributed by atoms with E-state index in [-0.39, 0.29) is 11.3 Å². The van der Waals surface area contributed by atoms with Crippen molar-refractivity contribution in [3.05, 3.63) is 107 Å². The molecule has 0 amide bonds. The van der Waals surface area contributed by atoms with E-state index in [9.17, 15) is 15.3 Å². The zero-order chi connectivity index (χ0) is 22.3. The molecule has 5 rings (SSSR count). The normalized spacial score (nSPS) is 22.3. The van der Waals surface area contributed by atoms with Gasteiger partial charge in [0.05, 0.1) is 18.2 Å². The Hall–Kier alpha value is -4.22. The van der Waals surface area contributed by atoms with Crippen molar-refractivity contribution in [3.8, 4) is 12.1 Å². The van der Waals surface area contributed by atoms with Gasteiger partial charge in [-0.2, -0.15) is 10.5 Å². The van der Waals surface area contributed by atoms with Crippen LogP contribution in [0.4, 0.5) is 10.1 Å². The lowest BCUT2D eigenvalue weighted by atomic mass is 9.69. The van der Waals surface area contributed by atoms with E-state index >= 15 is 4.39 Å². The first kappa shape index (κ1) is 19.7. The van der Waals surface area contributed by atoms with Gasteiger partial charge in [-0.3, -0.25) is 4.79 Å². The highest BCUT2D eigenvalue weighted by molar-refractivity contribution is 6.04. The van der Waals surface area contributed by atoms with Gasteiger partial charge in [-0.15, -0.1) is 0 Å². The monoisotopic (exact) mass is 419 g/mol. The zero-order valence-electron chi connectivity index (χ0n) is 17.0. The summed E-state index contributed by atoms with van der Waals surface area (Å²) in [5, 5.41) is 20.7. The lowest BCUT2D eigenvalue weighted by Crippen LogP contribution is -2.44. The fourth-order valence-electron chi connectivity index (χ4n) is 5.08. The Labute approximate surface area is 185 Å². The summed E-state index contributed by atoms with van der Waals surface area (Å²) in [5.41, 5.74) is 0.638. The van der Waals surface area contributed by atoms with Gasteiger partial charge in [0.15, 0.2) is 11.2 Å². The van der Waals surface area contributed by atoms with Gasteiger partial charge >= 0.3 is 0 Å². The molecule has 2 aliphatic rings. The number of carbonyl (C=O) groups is 1. The molecule has 1 fully saturated rings. The molecule has 3 atom stereocenters. The van der Waals surface area contributed by atoms with Crippen LogP contribution >= 0.6 is 0 Å². The fraction of sp³-hybridized carbons (Fsp3) is 0.148. The van der Waals surface area contributed by atoms with Crippen LogP contribution in [0, 0.1) is 33.9 Å². The van der Waals surface area contributed by atoms with Crippen molar-refractivity contribution in [2.75, 3.05) is 4.90 Å². The second-order valence-electron chi connectivity index (χ2n) is 8.04. The van der Waals surface area contributed by atoms with Crippen LogP contribution in [-0.2, 0) is 0 Å². The third-order valence-electron chi connectivity index (χ3n) is 6.48. The largest absolute Gasteiger partial charge is 0.351 e. The Kier molecular flexibility index (Phi) is 4.61. The minimum atomic E-state index is -1.65. The summed E-state index contributed by atoms with van der Waals surface area (Å²) in [7, 11) is 0. The highest BCUT2D eigenvalue weighted by atomic mass is 19.1. The zero-order valence-corrected chi connectivity index (χ0v) is 17.0. The summed E-state index contributed by atoms with van der Waals surface area (Å²) in [6.07, 6.45) is 3.66. The molecular weight excluding hydrogens is 401 g/mol. The van der Waals surface area contributed by atoms with Gasteiger partial charge < -0.3 is 4.90 Å². The molecule has 0 radical (unpaired) electrons. The quantitative estimate of drug-likeness (QED) is 0.553. The van der Waals surface area contributed by atoms with Crippen molar-refractivity contribution in [1.29, 1.82) is 10.5 Å². The van der Waals surface area contributed by atoms with Crippen LogP contribution in [0.15, 0.2) is 84.9 Å². The van der Waals surface area contributed by atoms with Crippen LogP contribution in [0.1, 0.15) is 27.4 Å². The van der Waals surface area contributed by atoms with Gasteiger partial charge in [0.2, 0.25) is 0 Å². The summed E-state index contributed by atoms with van der Waals surface area (Å²) in [6, 6.07) is 25.2. The third kappa shape index (κ3) is 2.69. The number of nitrogens with zero attached hydrogens (tertiary/aromatic N) is 3. The van der Waals surface area contributed by atoms with E-state index < -0.39 is 29.2 Å². The van der Waals surface area contributed by atoms with E-state index in [2.05, 4.69) is 12.1 Å². The Morgan fingerprint density at radius 1 is 0.906 bits per heavy atom. The minimum Gasteiger partial charge on any atom is -0.351 e. The molecular formula is C27H18FN3O. The number of nitriles is 2. The summed E-state index contributed by atoms with van der Waals surface area (Å²) >= 11 is 0. The molecule has 4 nitrogen and oxygen atoms in total. The third-order valence-corrected chi connectivity index (χ3v) is 6.48. The number of benzene rings is 3. The number of anilines is 1. The Bertz CT molecular complexity index is 1300.